The SMILES string of the molecule is Cc1ccc(CCc2nc3cc(CN)ccc3n2C)cc1. The third kappa shape index (κ3) is 2.83. The van der Waals surface area contributed by atoms with Gasteiger partial charge in [-0.25, -0.2) is 4.98 Å². The Hall–Kier alpha value is -2.13. The first-order valence-electron chi connectivity index (χ1n) is 7.37. The number of aromatic nitrogens is 2. The van der Waals surface area contributed by atoms with Crippen LogP contribution in [-0.2, 0) is 26.4 Å². The number of nitrogens with two attached hydrogens (primary N) is 1. The predicted octanol–water partition coefficient (Wildman–Crippen LogP) is 3.13. The quantitative estimate of drug-likeness (QED) is 0.797. The molecule has 0 unspecified atom stereocenters. The third-order valence-corrected chi connectivity index (χ3v) is 4.03. The Morgan fingerprint density at radius 3 is 2.43 bits per heavy atom. The summed E-state index contributed by atoms with van der Waals surface area (Å²) in [5.41, 5.74) is 11.7. The molecule has 2 N–H and O–H groups in total. The maximum Gasteiger partial charge on any atom is 0.109 e. The average molecular weight is 279 g/mol. The van der Waals surface area contributed by atoms with Gasteiger partial charge < -0.3 is 10.3 Å². The molecule has 3 aromatic rings. The molecule has 3 nitrogen and oxygen atoms in total. The van der Waals surface area contributed by atoms with Gasteiger partial charge in [-0.05, 0) is 36.6 Å². The van der Waals surface area contributed by atoms with E-state index in [1.165, 1.54) is 16.6 Å². The molecule has 0 spiro atoms. The lowest BCUT2D eigenvalue weighted by Crippen LogP contribution is -2.00. The fraction of sp³-hybridized carbons (Fsp3) is 0.278. The van der Waals surface area contributed by atoms with Gasteiger partial charge in [0.05, 0.1) is 11.0 Å². The lowest BCUT2D eigenvalue weighted by Gasteiger charge is -2.03. The summed E-state index contributed by atoms with van der Waals surface area (Å²) in [6.45, 7) is 2.68. The number of aryl methyl sites for hydroxylation is 4. The van der Waals surface area contributed by atoms with E-state index in [-0.39, 0.29) is 0 Å². The fourth-order valence-corrected chi connectivity index (χ4v) is 2.66. The van der Waals surface area contributed by atoms with Crippen molar-refractivity contribution in [3.63, 3.8) is 0 Å². The zero-order valence-electron chi connectivity index (χ0n) is 12.6. The molecule has 0 aliphatic carbocycles. The highest BCUT2D eigenvalue weighted by atomic mass is 15.1. The van der Waals surface area contributed by atoms with E-state index in [9.17, 15) is 0 Å². The minimum absolute atomic E-state index is 0.561. The number of benzene rings is 2. The molecule has 0 aliphatic rings. The second-order valence-corrected chi connectivity index (χ2v) is 5.60. The average Bonchev–Trinajstić information content (AvgIpc) is 2.82. The van der Waals surface area contributed by atoms with Crippen molar-refractivity contribution in [1.29, 1.82) is 0 Å². The van der Waals surface area contributed by atoms with Gasteiger partial charge >= 0.3 is 0 Å². The van der Waals surface area contributed by atoms with Crippen LogP contribution in [-0.4, -0.2) is 9.55 Å². The molecule has 0 atom stereocenters. The summed E-state index contributed by atoms with van der Waals surface area (Å²) in [5, 5.41) is 0. The highest BCUT2D eigenvalue weighted by molar-refractivity contribution is 5.76. The standard InChI is InChI=1S/C18H21N3/c1-13-3-5-14(6-4-13)8-10-18-20-16-11-15(12-19)7-9-17(16)21(18)2/h3-7,9,11H,8,10,12,19H2,1-2H3. The van der Waals surface area contributed by atoms with Gasteiger partial charge in [0, 0.05) is 20.0 Å². The Balaban J connectivity index is 1.83. The zero-order valence-corrected chi connectivity index (χ0v) is 12.6. The van der Waals surface area contributed by atoms with E-state index < -0.39 is 0 Å². The maximum atomic E-state index is 5.70. The highest BCUT2D eigenvalue weighted by Crippen LogP contribution is 2.18. The van der Waals surface area contributed by atoms with Crippen molar-refractivity contribution in [3.05, 3.63) is 65.0 Å². The minimum atomic E-state index is 0.561. The van der Waals surface area contributed by atoms with Crippen LogP contribution in [0.3, 0.4) is 0 Å². The Morgan fingerprint density at radius 2 is 1.71 bits per heavy atom. The number of hydrogen-bond acceptors (Lipinski definition) is 2. The number of imidazole rings is 1. The van der Waals surface area contributed by atoms with Crippen molar-refractivity contribution in [2.24, 2.45) is 12.8 Å². The van der Waals surface area contributed by atoms with E-state index >= 15 is 0 Å². The molecule has 3 heteroatoms. The molecule has 0 saturated carbocycles. The lowest BCUT2D eigenvalue weighted by molar-refractivity contribution is 0.787. The van der Waals surface area contributed by atoms with Crippen molar-refractivity contribution in [2.75, 3.05) is 0 Å². The van der Waals surface area contributed by atoms with Gasteiger partial charge in [0.25, 0.3) is 0 Å². The molecule has 1 heterocycles. The molecular weight excluding hydrogens is 258 g/mol. The minimum Gasteiger partial charge on any atom is -0.331 e. The summed E-state index contributed by atoms with van der Waals surface area (Å²) >= 11 is 0. The van der Waals surface area contributed by atoms with Gasteiger partial charge in [0.15, 0.2) is 0 Å². The summed E-state index contributed by atoms with van der Waals surface area (Å²) in [4.78, 5) is 4.76. The zero-order chi connectivity index (χ0) is 14.8. The van der Waals surface area contributed by atoms with Gasteiger partial charge in [-0.15, -0.1) is 0 Å². The van der Waals surface area contributed by atoms with Gasteiger partial charge in [-0.3, -0.25) is 0 Å². The number of nitrogens with zero attached hydrogens (tertiary/aromatic N) is 2. The number of hydrogen-bond donors (Lipinski definition) is 1. The molecule has 3 rings (SSSR count). The van der Waals surface area contributed by atoms with E-state index in [2.05, 4.69) is 61.0 Å². The summed E-state index contributed by atoms with van der Waals surface area (Å²) in [5.74, 6) is 1.12. The first kappa shape index (κ1) is 13.8. The van der Waals surface area contributed by atoms with Crippen LogP contribution in [0.4, 0.5) is 0 Å². The third-order valence-electron chi connectivity index (χ3n) is 4.03. The first-order chi connectivity index (χ1) is 10.2. The normalized spacial score (nSPS) is 11.2. The topological polar surface area (TPSA) is 43.8 Å². The molecule has 0 fully saturated rings. The molecule has 0 amide bonds. The van der Waals surface area contributed by atoms with Crippen LogP contribution < -0.4 is 5.73 Å². The number of rotatable bonds is 4. The molecule has 1 aromatic heterocycles. The first-order valence-corrected chi connectivity index (χ1v) is 7.37. The molecule has 0 bridgehead atoms. The van der Waals surface area contributed by atoms with E-state index in [1.807, 2.05) is 0 Å². The van der Waals surface area contributed by atoms with Crippen LogP contribution >= 0.6 is 0 Å². The lowest BCUT2D eigenvalue weighted by atomic mass is 10.1. The Kier molecular flexibility index (Phi) is 3.76. The summed E-state index contributed by atoms with van der Waals surface area (Å²) in [6.07, 6.45) is 1.97. The molecular formula is C18H21N3. The van der Waals surface area contributed by atoms with Crippen LogP contribution in [0.2, 0.25) is 0 Å². The highest BCUT2D eigenvalue weighted by Gasteiger charge is 2.08. The van der Waals surface area contributed by atoms with Gasteiger partial charge in [0.2, 0.25) is 0 Å². The van der Waals surface area contributed by atoms with Crippen LogP contribution in [0.1, 0.15) is 22.5 Å². The van der Waals surface area contributed by atoms with Crippen LogP contribution in [0.15, 0.2) is 42.5 Å². The van der Waals surface area contributed by atoms with Gasteiger partial charge in [-0.1, -0.05) is 35.9 Å². The molecule has 108 valence electrons. The summed E-state index contributed by atoms with van der Waals surface area (Å²) in [6, 6.07) is 15.0. The van der Waals surface area contributed by atoms with E-state index in [0.717, 1.165) is 29.7 Å². The Labute approximate surface area is 125 Å². The van der Waals surface area contributed by atoms with Crippen LogP contribution in [0.5, 0.6) is 0 Å². The van der Waals surface area contributed by atoms with Gasteiger partial charge in [0.1, 0.15) is 5.82 Å². The number of fused-ring (bicyclic) bond motifs is 1. The van der Waals surface area contributed by atoms with Gasteiger partial charge in [-0.2, -0.15) is 0 Å². The second kappa shape index (κ2) is 5.70. The largest absolute Gasteiger partial charge is 0.331 e. The summed E-state index contributed by atoms with van der Waals surface area (Å²) in [7, 11) is 2.09. The van der Waals surface area contributed by atoms with Crippen LogP contribution in [0.25, 0.3) is 11.0 Å². The fourth-order valence-electron chi connectivity index (χ4n) is 2.66. The maximum absolute atomic E-state index is 5.70. The van der Waals surface area contributed by atoms with Crippen molar-refractivity contribution in [3.8, 4) is 0 Å². The van der Waals surface area contributed by atoms with E-state index in [4.69, 9.17) is 10.7 Å². The smallest absolute Gasteiger partial charge is 0.109 e. The molecule has 0 aliphatic heterocycles. The van der Waals surface area contributed by atoms with Crippen molar-refractivity contribution < 1.29 is 0 Å². The Morgan fingerprint density at radius 1 is 1.00 bits per heavy atom. The Bertz CT molecular complexity index is 754. The molecule has 0 saturated heterocycles. The van der Waals surface area contributed by atoms with Crippen molar-refractivity contribution >= 4 is 11.0 Å². The van der Waals surface area contributed by atoms with Crippen molar-refractivity contribution in [2.45, 2.75) is 26.3 Å². The molecule has 0 radical (unpaired) electrons. The monoisotopic (exact) mass is 279 g/mol. The molecule has 21 heavy (non-hydrogen) atoms. The van der Waals surface area contributed by atoms with Crippen LogP contribution in [0, 0.1) is 6.92 Å². The predicted molar refractivity (Wildman–Crippen MR) is 87.2 cm³/mol. The van der Waals surface area contributed by atoms with E-state index in [0.29, 0.717) is 6.54 Å². The van der Waals surface area contributed by atoms with E-state index in [1.54, 1.807) is 0 Å². The van der Waals surface area contributed by atoms with Crippen molar-refractivity contribution in [1.82, 2.24) is 9.55 Å². The summed E-state index contributed by atoms with van der Waals surface area (Å²) < 4.78 is 2.18. The second-order valence-electron chi connectivity index (χ2n) is 5.60. The molecule has 2 aromatic carbocycles.